The Hall–Kier alpha value is -3.40. The Kier molecular flexibility index (Phi) is 6.22. The van der Waals surface area contributed by atoms with E-state index in [-0.39, 0.29) is 11.7 Å². The molecule has 0 unspecified atom stereocenters. The number of esters is 1. The van der Waals surface area contributed by atoms with Gasteiger partial charge in [0.2, 0.25) is 11.1 Å². The number of hydrogen-bond donors (Lipinski definition) is 2. The molecule has 10 heteroatoms. The van der Waals surface area contributed by atoms with Gasteiger partial charge in [0.05, 0.1) is 17.9 Å². The molecule has 0 aliphatic heterocycles. The topological polar surface area (TPSA) is 125 Å². The molecule has 0 radical (unpaired) electrons. The van der Waals surface area contributed by atoms with E-state index in [0.717, 1.165) is 17.3 Å². The maximum absolute atomic E-state index is 12.2. The molecular weight excluding hydrogens is 380 g/mol. The molecule has 1 amide bonds. The third kappa shape index (κ3) is 4.65. The van der Waals surface area contributed by atoms with E-state index in [9.17, 15) is 9.59 Å². The average molecular weight is 398 g/mol. The smallest absolute Gasteiger partial charge is 0.338 e. The van der Waals surface area contributed by atoms with Gasteiger partial charge in [0, 0.05) is 23.6 Å². The molecule has 0 bridgehead atoms. The minimum absolute atomic E-state index is 0.0992. The summed E-state index contributed by atoms with van der Waals surface area (Å²) in [5.74, 6) is 5.94. The fourth-order valence-corrected chi connectivity index (χ4v) is 2.96. The van der Waals surface area contributed by atoms with Crippen molar-refractivity contribution in [2.75, 3.05) is 23.5 Å². The Balaban J connectivity index is 1.56. The third-order valence-electron chi connectivity index (χ3n) is 3.60. The lowest BCUT2D eigenvalue weighted by molar-refractivity contribution is -0.113. The van der Waals surface area contributed by atoms with Crippen molar-refractivity contribution < 1.29 is 14.3 Å². The number of ether oxygens (including phenoxy) is 1. The number of thioether (sulfide) groups is 1. The highest BCUT2D eigenvalue weighted by atomic mass is 32.2. The number of amides is 1. The van der Waals surface area contributed by atoms with Crippen LogP contribution < -0.4 is 11.2 Å². The number of anilines is 1. The predicted molar refractivity (Wildman–Crippen MR) is 105 cm³/mol. The summed E-state index contributed by atoms with van der Waals surface area (Å²) in [5.41, 5.74) is 1.73. The van der Waals surface area contributed by atoms with Crippen LogP contribution in [0.2, 0.25) is 0 Å². The molecule has 0 saturated heterocycles. The quantitative estimate of drug-likeness (QED) is 0.351. The molecule has 3 N–H and O–H groups in total. The fraction of sp³-hybridized carbons (Fsp3) is 0.167. The first-order valence-corrected chi connectivity index (χ1v) is 9.37. The molecule has 2 aromatic heterocycles. The van der Waals surface area contributed by atoms with Crippen molar-refractivity contribution in [1.82, 2.24) is 19.9 Å². The summed E-state index contributed by atoms with van der Waals surface area (Å²) in [4.78, 5) is 27.8. The largest absolute Gasteiger partial charge is 0.462 e. The number of benzene rings is 1. The van der Waals surface area contributed by atoms with Gasteiger partial charge in [-0.1, -0.05) is 11.8 Å². The molecular formula is C18H18N6O3S. The van der Waals surface area contributed by atoms with Crippen molar-refractivity contribution >= 4 is 29.3 Å². The Morgan fingerprint density at radius 2 is 2.00 bits per heavy atom. The summed E-state index contributed by atoms with van der Waals surface area (Å²) < 4.78 is 6.24. The van der Waals surface area contributed by atoms with Gasteiger partial charge in [0.1, 0.15) is 0 Å². The molecule has 144 valence electrons. The molecule has 3 rings (SSSR count). The SMILES string of the molecule is CCOC(=O)c1ccc(NC(=O)CSc2nnc(-c3cccnc3)n2N)cc1. The predicted octanol–water partition coefficient (Wildman–Crippen LogP) is 1.96. The number of aromatic nitrogens is 4. The van der Waals surface area contributed by atoms with Crippen molar-refractivity contribution in [3.05, 3.63) is 54.4 Å². The Morgan fingerprint density at radius 3 is 2.68 bits per heavy atom. The lowest BCUT2D eigenvalue weighted by Gasteiger charge is -2.07. The number of nitrogens with zero attached hydrogens (tertiary/aromatic N) is 4. The molecule has 0 fully saturated rings. The molecule has 0 aliphatic carbocycles. The second-order valence-electron chi connectivity index (χ2n) is 5.55. The van der Waals surface area contributed by atoms with E-state index in [1.54, 1.807) is 49.6 Å². The average Bonchev–Trinajstić information content (AvgIpc) is 3.08. The van der Waals surface area contributed by atoms with Gasteiger partial charge in [-0.2, -0.15) is 0 Å². The number of carbonyl (C=O) groups excluding carboxylic acids is 2. The Morgan fingerprint density at radius 1 is 1.21 bits per heavy atom. The van der Waals surface area contributed by atoms with Gasteiger partial charge in [-0.3, -0.25) is 9.78 Å². The summed E-state index contributed by atoms with van der Waals surface area (Å²) in [6.45, 7) is 2.05. The second-order valence-corrected chi connectivity index (χ2v) is 6.50. The van der Waals surface area contributed by atoms with Crippen LogP contribution in [-0.4, -0.2) is 44.1 Å². The van der Waals surface area contributed by atoms with Crippen LogP contribution in [-0.2, 0) is 9.53 Å². The summed E-state index contributed by atoms with van der Waals surface area (Å²) in [7, 11) is 0. The summed E-state index contributed by atoms with van der Waals surface area (Å²) in [6.07, 6.45) is 3.29. The minimum Gasteiger partial charge on any atom is -0.462 e. The van der Waals surface area contributed by atoms with E-state index < -0.39 is 5.97 Å². The van der Waals surface area contributed by atoms with E-state index >= 15 is 0 Å². The van der Waals surface area contributed by atoms with Crippen LogP contribution >= 0.6 is 11.8 Å². The molecule has 3 aromatic rings. The Bertz CT molecular complexity index is 959. The summed E-state index contributed by atoms with van der Waals surface area (Å²) >= 11 is 1.16. The van der Waals surface area contributed by atoms with Gasteiger partial charge in [-0.05, 0) is 43.3 Å². The maximum Gasteiger partial charge on any atom is 0.338 e. The first-order chi connectivity index (χ1) is 13.6. The van der Waals surface area contributed by atoms with Gasteiger partial charge in [0.15, 0.2) is 5.82 Å². The van der Waals surface area contributed by atoms with Gasteiger partial charge < -0.3 is 15.9 Å². The third-order valence-corrected chi connectivity index (χ3v) is 4.54. The number of rotatable bonds is 7. The van der Waals surface area contributed by atoms with Gasteiger partial charge >= 0.3 is 5.97 Å². The van der Waals surface area contributed by atoms with Gasteiger partial charge in [0.25, 0.3) is 0 Å². The normalized spacial score (nSPS) is 10.5. The van der Waals surface area contributed by atoms with Crippen molar-refractivity contribution in [3.63, 3.8) is 0 Å². The van der Waals surface area contributed by atoms with Crippen LogP contribution in [0.4, 0.5) is 5.69 Å². The zero-order chi connectivity index (χ0) is 19.9. The number of hydrogen-bond acceptors (Lipinski definition) is 8. The van der Waals surface area contributed by atoms with Crippen LogP contribution in [0.3, 0.4) is 0 Å². The van der Waals surface area contributed by atoms with E-state index in [2.05, 4.69) is 20.5 Å². The first-order valence-electron chi connectivity index (χ1n) is 8.39. The zero-order valence-corrected chi connectivity index (χ0v) is 15.8. The van der Waals surface area contributed by atoms with E-state index in [1.165, 1.54) is 4.68 Å². The highest BCUT2D eigenvalue weighted by Gasteiger charge is 2.14. The number of nitrogens with one attached hydrogen (secondary N) is 1. The monoisotopic (exact) mass is 398 g/mol. The van der Waals surface area contributed by atoms with Crippen molar-refractivity contribution in [1.29, 1.82) is 0 Å². The van der Waals surface area contributed by atoms with Crippen LogP contribution in [0, 0.1) is 0 Å². The van der Waals surface area contributed by atoms with Crippen LogP contribution in [0.5, 0.6) is 0 Å². The van der Waals surface area contributed by atoms with E-state index in [1.807, 2.05) is 6.07 Å². The number of carbonyl (C=O) groups is 2. The fourth-order valence-electron chi connectivity index (χ4n) is 2.30. The molecule has 2 heterocycles. The van der Waals surface area contributed by atoms with Gasteiger partial charge in [-0.15, -0.1) is 10.2 Å². The lowest BCUT2D eigenvalue weighted by atomic mass is 10.2. The standard InChI is InChI=1S/C18H18N6O3S/c1-2-27-17(26)12-5-7-14(8-6-12)21-15(25)11-28-18-23-22-16(24(18)19)13-4-3-9-20-10-13/h3-10H,2,11,19H2,1H3,(H,21,25). The van der Waals surface area contributed by atoms with Crippen LogP contribution in [0.15, 0.2) is 53.9 Å². The van der Waals surface area contributed by atoms with Crippen molar-refractivity contribution in [3.8, 4) is 11.4 Å². The highest BCUT2D eigenvalue weighted by Crippen LogP contribution is 2.21. The molecule has 0 spiro atoms. The molecule has 9 nitrogen and oxygen atoms in total. The molecule has 28 heavy (non-hydrogen) atoms. The van der Waals surface area contributed by atoms with Crippen LogP contribution in [0.1, 0.15) is 17.3 Å². The molecule has 0 saturated carbocycles. The zero-order valence-electron chi connectivity index (χ0n) is 15.0. The summed E-state index contributed by atoms with van der Waals surface area (Å²) in [5, 5.41) is 11.2. The van der Waals surface area contributed by atoms with Crippen molar-refractivity contribution in [2.45, 2.75) is 12.1 Å². The lowest BCUT2D eigenvalue weighted by Crippen LogP contribution is -2.16. The molecule has 0 aliphatic rings. The van der Waals surface area contributed by atoms with E-state index in [4.69, 9.17) is 10.6 Å². The number of nitrogen functional groups attached to an aromatic ring is 1. The van der Waals surface area contributed by atoms with E-state index in [0.29, 0.717) is 28.8 Å². The highest BCUT2D eigenvalue weighted by molar-refractivity contribution is 7.99. The second kappa shape index (κ2) is 9.00. The number of nitrogens with two attached hydrogens (primary N) is 1. The summed E-state index contributed by atoms with van der Waals surface area (Å²) in [6, 6.07) is 10.1. The first kappa shape index (κ1) is 19.4. The number of pyridine rings is 1. The van der Waals surface area contributed by atoms with Crippen molar-refractivity contribution in [2.24, 2.45) is 0 Å². The molecule has 0 atom stereocenters. The molecule has 1 aromatic carbocycles. The van der Waals surface area contributed by atoms with Crippen LogP contribution in [0.25, 0.3) is 11.4 Å². The minimum atomic E-state index is -0.400. The maximum atomic E-state index is 12.2. The Labute approximate surface area is 165 Å². The van der Waals surface area contributed by atoms with Gasteiger partial charge in [-0.25, -0.2) is 9.47 Å².